The van der Waals surface area contributed by atoms with E-state index in [0.717, 1.165) is 19.0 Å². The number of rotatable bonds is 5. The predicted octanol–water partition coefficient (Wildman–Crippen LogP) is 3.27. The first-order valence-corrected chi connectivity index (χ1v) is 12.9. The number of benzene rings is 1. The van der Waals surface area contributed by atoms with Gasteiger partial charge in [-0.15, -0.1) is 0 Å². The average molecular weight is 528 g/mol. The van der Waals surface area contributed by atoms with Crippen LogP contribution in [0.3, 0.4) is 0 Å². The fraction of sp³-hybridized carbons (Fsp3) is 0.346. The van der Waals surface area contributed by atoms with Crippen molar-refractivity contribution in [1.29, 1.82) is 0 Å². The van der Waals surface area contributed by atoms with Crippen LogP contribution < -0.4 is 19.8 Å². The normalized spacial score (nSPS) is 18.4. The number of anilines is 1. The summed E-state index contributed by atoms with van der Waals surface area (Å²) in [5.74, 6) is 0.777. The molecule has 8 nitrogen and oxygen atoms in total. The van der Waals surface area contributed by atoms with Crippen LogP contribution in [0.1, 0.15) is 38.1 Å². The first-order valence-electron chi connectivity index (χ1n) is 11.7. The minimum absolute atomic E-state index is 0.282. The van der Waals surface area contributed by atoms with Crippen molar-refractivity contribution < 1.29 is 18.7 Å². The molecule has 4 heterocycles. The lowest BCUT2D eigenvalue weighted by Crippen LogP contribution is -2.40. The average Bonchev–Trinajstić information content (AvgIpc) is 3.43. The number of morpholine rings is 1. The van der Waals surface area contributed by atoms with Gasteiger partial charge < -0.3 is 18.8 Å². The molecule has 0 saturated carbocycles. The first kappa shape index (κ1) is 24.5. The maximum absolute atomic E-state index is 13.7. The Morgan fingerprint density at radius 2 is 1.97 bits per heavy atom. The Labute approximate surface area is 216 Å². The van der Waals surface area contributed by atoms with Gasteiger partial charge in [0.1, 0.15) is 11.8 Å². The number of aromatic nitrogens is 1. The summed E-state index contributed by atoms with van der Waals surface area (Å²) in [6.45, 7) is 8.11. The van der Waals surface area contributed by atoms with Gasteiger partial charge in [0.2, 0.25) is 0 Å². The van der Waals surface area contributed by atoms with Gasteiger partial charge in [-0.1, -0.05) is 41.1 Å². The van der Waals surface area contributed by atoms with Crippen LogP contribution in [0, 0.1) is 0 Å². The zero-order valence-electron chi connectivity index (χ0n) is 20.2. The molecule has 36 heavy (non-hydrogen) atoms. The molecule has 1 fully saturated rings. The van der Waals surface area contributed by atoms with Crippen LogP contribution >= 0.6 is 22.9 Å². The lowest BCUT2D eigenvalue weighted by molar-refractivity contribution is -0.143. The maximum atomic E-state index is 13.7. The van der Waals surface area contributed by atoms with Crippen LogP contribution in [0.25, 0.3) is 6.08 Å². The molecule has 5 rings (SSSR count). The highest BCUT2D eigenvalue weighted by atomic mass is 35.5. The summed E-state index contributed by atoms with van der Waals surface area (Å²) in [5, 5.41) is 0.447. The molecule has 0 aliphatic carbocycles. The highest BCUT2D eigenvalue weighted by molar-refractivity contribution is 7.07. The number of hydrogen-bond acceptors (Lipinski definition) is 8. The Balaban J connectivity index is 1.62. The third-order valence-electron chi connectivity index (χ3n) is 5.99. The standard InChI is InChI=1S/C26H26ClN3O5S/c1-15(2)34-25(32)22-16(3)28-26-30(23(22)18-6-4-5-7-19(18)27)24(31)20(36-26)14-17-8-9-21(35-17)29-10-12-33-13-11-29/h4-9,14-15,23H,10-13H2,1-3H3. The van der Waals surface area contributed by atoms with Gasteiger partial charge in [-0.05, 0) is 38.5 Å². The van der Waals surface area contributed by atoms with Crippen LogP contribution in [0.2, 0.25) is 5.02 Å². The quantitative estimate of drug-likeness (QED) is 0.473. The number of ether oxygens (including phenoxy) is 2. The Hall–Kier alpha value is -3.14. The molecule has 0 amide bonds. The maximum Gasteiger partial charge on any atom is 0.338 e. The van der Waals surface area contributed by atoms with Crippen LogP contribution in [-0.2, 0) is 14.3 Å². The third kappa shape index (κ3) is 4.66. The summed E-state index contributed by atoms with van der Waals surface area (Å²) in [6.07, 6.45) is 1.39. The number of fused-ring (bicyclic) bond motifs is 1. The molecule has 1 atom stereocenters. The van der Waals surface area contributed by atoms with E-state index in [4.69, 9.17) is 25.5 Å². The summed E-state index contributed by atoms with van der Waals surface area (Å²) < 4.78 is 18.9. The number of hydrogen-bond donors (Lipinski definition) is 0. The molecule has 1 aromatic carbocycles. The molecule has 0 bridgehead atoms. The van der Waals surface area contributed by atoms with Gasteiger partial charge in [-0.25, -0.2) is 9.79 Å². The van der Waals surface area contributed by atoms with E-state index in [-0.39, 0.29) is 11.7 Å². The highest BCUT2D eigenvalue weighted by Crippen LogP contribution is 2.34. The largest absolute Gasteiger partial charge is 0.459 e. The minimum Gasteiger partial charge on any atom is -0.459 e. The molecule has 0 N–H and O–H groups in total. The van der Waals surface area contributed by atoms with Gasteiger partial charge in [-0.3, -0.25) is 9.36 Å². The second-order valence-electron chi connectivity index (χ2n) is 8.83. The molecule has 2 aliphatic heterocycles. The van der Waals surface area contributed by atoms with Gasteiger partial charge in [0, 0.05) is 30.3 Å². The van der Waals surface area contributed by atoms with Gasteiger partial charge in [0.25, 0.3) is 5.56 Å². The monoisotopic (exact) mass is 527 g/mol. The molecule has 2 aliphatic rings. The van der Waals surface area contributed by atoms with Crippen molar-refractivity contribution in [1.82, 2.24) is 4.57 Å². The molecule has 10 heteroatoms. The Bertz CT molecular complexity index is 1510. The summed E-state index contributed by atoms with van der Waals surface area (Å²) in [6, 6.07) is 10.2. The SMILES string of the molecule is CC1=C(C(=O)OC(C)C)C(c2ccccc2Cl)n2c(sc(=Cc3ccc(N4CCOCC4)o3)c2=O)=N1. The highest BCUT2D eigenvalue weighted by Gasteiger charge is 2.34. The van der Waals surface area contributed by atoms with E-state index < -0.39 is 12.0 Å². The number of furan rings is 1. The van der Waals surface area contributed by atoms with E-state index in [0.29, 0.717) is 50.2 Å². The molecule has 1 saturated heterocycles. The number of esters is 1. The predicted molar refractivity (Wildman–Crippen MR) is 138 cm³/mol. The number of carbonyl (C=O) groups excluding carboxylic acids is 1. The summed E-state index contributed by atoms with van der Waals surface area (Å²) >= 11 is 7.80. The van der Waals surface area contributed by atoms with Crippen molar-refractivity contribution in [3.63, 3.8) is 0 Å². The zero-order valence-corrected chi connectivity index (χ0v) is 21.8. The molecule has 0 radical (unpaired) electrons. The lowest BCUT2D eigenvalue weighted by Gasteiger charge is -2.26. The fourth-order valence-corrected chi connectivity index (χ4v) is 5.62. The van der Waals surface area contributed by atoms with Crippen LogP contribution in [0.15, 0.2) is 61.9 Å². The fourth-order valence-electron chi connectivity index (χ4n) is 4.35. The molecule has 0 spiro atoms. The van der Waals surface area contributed by atoms with E-state index in [1.165, 1.54) is 15.9 Å². The Morgan fingerprint density at radius 3 is 2.69 bits per heavy atom. The van der Waals surface area contributed by atoms with E-state index in [9.17, 15) is 9.59 Å². The number of carbonyl (C=O) groups is 1. The topological polar surface area (TPSA) is 86.3 Å². The van der Waals surface area contributed by atoms with Gasteiger partial charge in [0.15, 0.2) is 10.7 Å². The molecule has 2 aromatic heterocycles. The minimum atomic E-state index is -0.760. The van der Waals surface area contributed by atoms with Gasteiger partial charge >= 0.3 is 5.97 Å². The third-order valence-corrected chi connectivity index (χ3v) is 7.32. The number of halogens is 1. The van der Waals surface area contributed by atoms with Crippen LogP contribution in [0.5, 0.6) is 0 Å². The van der Waals surface area contributed by atoms with E-state index >= 15 is 0 Å². The van der Waals surface area contributed by atoms with Crippen LogP contribution in [0.4, 0.5) is 5.88 Å². The van der Waals surface area contributed by atoms with E-state index in [1.807, 2.05) is 24.3 Å². The Morgan fingerprint density at radius 1 is 1.22 bits per heavy atom. The van der Waals surface area contributed by atoms with Gasteiger partial charge in [-0.2, -0.15) is 0 Å². The molecule has 188 valence electrons. The van der Waals surface area contributed by atoms with Crippen molar-refractivity contribution in [3.8, 4) is 0 Å². The van der Waals surface area contributed by atoms with Crippen molar-refractivity contribution in [2.75, 3.05) is 31.2 Å². The zero-order chi connectivity index (χ0) is 25.4. The number of nitrogens with zero attached hydrogens (tertiary/aromatic N) is 3. The smallest absolute Gasteiger partial charge is 0.338 e. The molecule has 3 aromatic rings. The number of thiazole rings is 1. The molecular formula is C26H26ClN3O5S. The summed E-state index contributed by atoms with van der Waals surface area (Å²) in [7, 11) is 0. The summed E-state index contributed by atoms with van der Waals surface area (Å²) in [5.41, 5.74) is 1.13. The number of allylic oxidation sites excluding steroid dienone is 1. The van der Waals surface area contributed by atoms with Crippen molar-refractivity contribution in [2.24, 2.45) is 4.99 Å². The van der Waals surface area contributed by atoms with Crippen molar-refractivity contribution in [3.05, 3.63) is 83.7 Å². The van der Waals surface area contributed by atoms with E-state index in [1.54, 1.807) is 39.0 Å². The second-order valence-corrected chi connectivity index (χ2v) is 10.2. The van der Waals surface area contributed by atoms with Crippen LogP contribution in [-0.4, -0.2) is 42.9 Å². The van der Waals surface area contributed by atoms with Crippen molar-refractivity contribution >= 4 is 40.9 Å². The lowest BCUT2D eigenvalue weighted by atomic mass is 9.96. The summed E-state index contributed by atoms with van der Waals surface area (Å²) in [4.78, 5) is 34.1. The molecular weight excluding hydrogens is 502 g/mol. The first-order chi connectivity index (χ1) is 17.3. The second kappa shape index (κ2) is 10.1. The van der Waals surface area contributed by atoms with E-state index in [2.05, 4.69) is 9.89 Å². The van der Waals surface area contributed by atoms with Crippen molar-refractivity contribution in [2.45, 2.75) is 32.9 Å². The molecule has 1 unspecified atom stereocenters. The van der Waals surface area contributed by atoms with Gasteiger partial charge in [0.05, 0.1) is 35.1 Å². The Kier molecular flexibility index (Phi) is 6.87.